The minimum absolute atomic E-state index is 0.211. The Kier molecular flexibility index (Phi) is 5.99. The molecule has 0 amide bonds. The average molecular weight is 314 g/mol. The van der Waals surface area contributed by atoms with E-state index in [0.29, 0.717) is 23.0 Å². The highest BCUT2D eigenvalue weighted by Crippen LogP contribution is 2.22. The fraction of sp³-hybridized carbons (Fsp3) is 0.625. The monoisotopic (exact) mass is 313 g/mol. The number of benzene rings is 1. The minimum Gasteiger partial charge on any atom is -0.317 e. The number of hydrogen-bond donors (Lipinski definition) is 1. The summed E-state index contributed by atoms with van der Waals surface area (Å²) in [7, 11) is 6.26. The quantitative estimate of drug-likeness (QED) is 0.899. The molecule has 21 heavy (non-hydrogen) atoms. The Labute approximate surface area is 132 Å². The number of rotatable bonds is 5. The molecular formula is C16H25ClFN3. The summed E-state index contributed by atoms with van der Waals surface area (Å²) >= 11 is 6.14. The molecule has 5 heteroatoms. The molecule has 2 atom stereocenters. The molecule has 0 aromatic heterocycles. The number of piperazine rings is 1. The number of nitrogens with one attached hydrogen (secondary N) is 1. The zero-order valence-electron chi connectivity index (χ0n) is 13.1. The third-order valence-corrected chi connectivity index (χ3v) is 4.81. The van der Waals surface area contributed by atoms with E-state index in [-0.39, 0.29) is 11.9 Å². The van der Waals surface area contributed by atoms with Crippen LogP contribution in [0.2, 0.25) is 5.02 Å². The minimum atomic E-state index is -0.211. The first-order valence-corrected chi connectivity index (χ1v) is 7.88. The van der Waals surface area contributed by atoms with Crippen molar-refractivity contribution < 1.29 is 4.39 Å². The van der Waals surface area contributed by atoms with Crippen LogP contribution in [-0.2, 0) is 6.42 Å². The molecule has 2 rings (SSSR count). The van der Waals surface area contributed by atoms with Crippen LogP contribution in [0.15, 0.2) is 18.2 Å². The Morgan fingerprint density at radius 3 is 2.81 bits per heavy atom. The van der Waals surface area contributed by atoms with E-state index in [1.54, 1.807) is 12.1 Å². The van der Waals surface area contributed by atoms with E-state index in [1.165, 1.54) is 6.07 Å². The maximum absolute atomic E-state index is 13.9. The fourth-order valence-corrected chi connectivity index (χ4v) is 3.20. The van der Waals surface area contributed by atoms with Gasteiger partial charge in [-0.2, -0.15) is 0 Å². The Bertz CT molecular complexity index is 449. The Morgan fingerprint density at radius 1 is 1.38 bits per heavy atom. The number of hydrogen-bond acceptors (Lipinski definition) is 3. The van der Waals surface area contributed by atoms with Crippen LogP contribution < -0.4 is 5.32 Å². The normalized spacial score (nSPS) is 22.4. The highest BCUT2D eigenvalue weighted by molar-refractivity contribution is 6.31. The van der Waals surface area contributed by atoms with Crippen molar-refractivity contribution in [2.45, 2.75) is 24.9 Å². The molecule has 118 valence electrons. The predicted molar refractivity (Wildman–Crippen MR) is 86.5 cm³/mol. The Balaban J connectivity index is 2.03. The van der Waals surface area contributed by atoms with Gasteiger partial charge >= 0.3 is 0 Å². The highest BCUT2D eigenvalue weighted by atomic mass is 35.5. The summed E-state index contributed by atoms with van der Waals surface area (Å²) < 4.78 is 13.9. The van der Waals surface area contributed by atoms with Crippen molar-refractivity contribution in [3.05, 3.63) is 34.6 Å². The van der Waals surface area contributed by atoms with E-state index in [9.17, 15) is 4.39 Å². The summed E-state index contributed by atoms with van der Waals surface area (Å²) in [5.41, 5.74) is 0.616. The molecule has 1 aliphatic rings. The van der Waals surface area contributed by atoms with E-state index in [2.05, 4.69) is 29.2 Å². The van der Waals surface area contributed by atoms with Gasteiger partial charge in [0.1, 0.15) is 5.82 Å². The van der Waals surface area contributed by atoms with Gasteiger partial charge in [0.15, 0.2) is 0 Å². The molecule has 1 N–H and O–H groups in total. The summed E-state index contributed by atoms with van der Waals surface area (Å²) in [6.07, 6.45) is 1.61. The smallest absolute Gasteiger partial charge is 0.127 e. The second kappa shape index (κ2) is 7.54. The lowest BCUT2D eigenvalue weighted by molar-refractivity contribution is 0.101. The first kappa shape index (κ1) is 16.7. The van der Waals surface area contributed by atoms with Gasteiger partial charge in [-0.1, -0.05) is 17.7 Å². The van der Waals surface area contributed by atoms with Gasteiger partial charge in [0, 0.05) is 42.3 Å². The molecule has 1 aromatic carbocycles. The Morgan fingerprint density at radius 2 is 2.14 bits per heavy atom. The van der Waals surface area contributed by atoms with Crippen LogP contribution in [0.25, 0.3) is 0 Å². The molecular weight excluding hydrogens is 289 g/mol. The van der Waals surface area contributed by atoms with E-state index >= 15 is 0 Å². The topological polar surface area (TPSA) is 18.5 Å². The van der Waals surface area contributed by atoms with Crippen molar-refractivity contribution in [2.24, 2.45) is 0 Å². The van der Waals surface area contributed by atoms with Crippen molar-refractivity contribution in [1.29, 1.82) is 0 Å². The van der Waals surface area contributed by atoms with E-state index in [0.717, 1.165) is 26.1 Å². The van der Waals surface area contributed by atoms with Crippen LogP contribution in [-0.4, -0.2) is 62.7 Å². The summed E-state index contributed by atoms with van der Waals surface area (Å²) in [5, 5.41) is 3.84. The van der Waals surface area contributed by atoms with Gasteiger partial charge in [-0.05, 0) is 46.1 Å². The van der Waals surface area contributed by atoms with E-state index < -0.39 is 0 Å². The van der Waals surface area contributed by atoms with E-state index in [1.807, 2.05) is 7.05 Å². The lowest BCUT2D eigenvalue weighted by atomic mass is 9.97. The lowest BCUT2D eigenvalue weighted by Gasteiger charge is -2.39. The van der Waals surface area contributed by atoms with Gasteiger partial charge in [0.2, 0.25) is 0 Å². The summed E-state index contributed by atoms with van der Waals surface area (Å²) in [4.78, 5) is 4.75. The maximum Gasteiger partial charge on any atom is 0.127 e. The molecule has 2 unspecified atom stereocenters. The van der Waals surface area contributed by atoms with E-state index in [4.69, 9.17) is 11.6 Å². The van der Waals surface area contributed by atoms with Crippen molar-refractivity contribution in [2.75, 3.05) is 40.8 Å². The van der Waals surface area contributed by atoms with Crippen LogP contribution in [0.1, 0.15) is 12.0 Å². The van der Waals surface area contributed by atoms with Crippen LogP contribution in [0, 0.1) is 5.82 Å². The molecule has 1 heterocycles. The number of nitrogens with zero attached hydrogens (tertiary/aromatic N) is 2. The zero-order valence-corrected chi connectivity index (χ0v) is 13.8. The van der Waals surface area contributed by atoms with Gasteiger partial charge in [0.25, 0.3) is 0 Å². The summed E-state index contributed by atoms with van der Waals surface area (Å²) in [6, 6.07) is 5.60. The third-order valence-electron chi connectivity index (χ3n) is 4.46. The van der Waals surface area contributed by atoms with Gasteiger partial charge in [-0.3, -0.25) is 0 Å². The summed E-state index contributed by atoms with van der Waals surface area (Å²) in [5.74, 6) is -0.211. The maximum atomic E-state index is 13.9. The largest absolute Gasteiger partial charge is 0.317 e. The lowest BCUT2D eigenvalue weighted by Crippen LogP contribution is -2.52. The highest BCUT2D eigenvalue weighted by Gasteiger charge is 2.25. The van der Waals surface area contributed by atoms with Crippen LogP contribution in [0.5, 0.6) is 0 Å². The molecule has 1 aliphatic heterocycles. The standard InChI is InChI=1S/C16H25ClFN3/c1-19-12(9-13-11-20(2)7-8-21(13)3)10-14-15(17)5-4-6-16(14)18/h4-6,12-13,19H,7-11H2,1-3H3. The van der Waals surface area contributed by atoms with Crippen LogP contribution >= 0.6 is 11.6 Å². The molecule has 1 saturated heterocycles. The van der Waals surface area contributed by atoms with Crippen molar-refractivity contribution >= 4 is 11.6 Å². The van der Waals surface area contributed by atoms with Gasteiger partial charge in [-0.25, -0.2) is 4.39 Å². The molecule has 1 fully saturated rings. The molecule has 0 spiro atoms. The Hall–Kier alpha value is -0.680. The number of likely N-dealkylation sites (N-methyl/N-ethyl adjacent to an activating group) is 3. The second-order valence-corrected chi connectivity index (χ2v) is 6.43. The molecule has 0 bridgehead atoms. The predicted octanol–water partition coefficient (Wildman–Crippen LogP) is 2.25. The zero-order chi connectivity index (χ0) is 15.4. The van der Waals surface area contributed by atoms with Gasteiger partial charge in [-0.15, -0.1) is 0 Å². The molecule has 3 nitrogen and oxygen atoms in total. The number of halogens is 2. The molecule has 0 radical (unpaired) electrons. The third kappa shape index (κ3) is 4.39. The van der Waals surface area contributed by atoms with Gasteiger partial charge < -0.3 is 15.1 Å². The van der Waals surface area contributed by atoms with Crippen LogP contribution in [0.4, 0.5) is 4.39 Å². The fourth-order valence-electron chi connectivity index (χ4n) is 2.96. The van der Waals surface area contributed by atoms with Crippen molar-refractivity contribution in [3.63, 3.8) is 0 Å². The summed E-state index contributed by atoms with van der Waals surface area (Å²) in [6.45, 7) is 3.24. The van der Waals surface area contributed by atoms with Crippen molar-refractivity contribution in [1.82, 2.24) is 15.1 Å². The SMILES string of the molecule is CNC(Cc1c(F)cccc1Cl)CC1CN(C)CCN1C. The van der Waals surface area contributed by atoms with Crippen molar-refractivity contribution in [3.8, 4) is 0 Å². The first-order chi connectivity index (χ1) is 10.0. The second-order valence-electron chi connectivity index (χ2n) is 6.02. The van der Waals surface area contributed by atoms with Crippen LogP contribution in [0.3, 0.4) is 0 Å². The molecule has 1 aromatic rings. The average Bonchev–Trinajstić information content (AvgIpc) is 2.45. The van der Waals surface area contributed by atoms with Gasteiger partial charge in [0.05, 0.1) is 0 Å². The first-order valence-electron chi connectivity index (χ1n) is 7.50. The molecule has 0 aliphatic carbocycles. The molecule has 0 saturated carbocycles.